The highest BCUT2D eigenvalue weighted by Crippen LogP contribution is 2.38. The molecule has 1 aliphatic carbocycles. The number of carbonyl (C=O) groups is 1. The van der Waals surface area contributed by atoms with E-state index in [0.29, 0.717) is 42.4 Å². The molecular weight excluding hydrogens is 382 g/mol. The van der Waals surface area contributed by atoms with Gasteiger partial charge in [0, 0.05) is 25.0 Å². The van der Waals surface area contributed by atoms with Gasteiger partial charge in [-0.2, -0.15) is 0 Å². The smallest absolute Gasteiger partial charge is 0.257 e. The summed E-state index contributed by atoms with van der Waals surface area (Å²) in [4.78, 5) is 19.5. The van der Waals surface area contributed by atoms with Crippen LogP contribution in [0, 0.1) is 25.7 Å². The van der Waals surface area contributed by atoms with Crippen molar-refractivity contribution in [2.45, 2.75) is 38.9 Å². The molecule has 1 saturated heterocycles. The fourth-order valence-electron chi connectivity index (χ4n) is 4.83. The molecule has 2 aliphatic rings. The fraction of sp³-hybridized carbons (Fsp3) is 0.455. The summed E-state index contributed by atoms with van der Waals surface area (Å²) in [7, 11) is 0. The number of hydrogen-bond donors (Lipinski definition) is 1. The van der Waals surface area contributed by atoms with Crippen molar-refractivity contribution in [3.8, 4) is 5.75 Å². The minimum atomic E-state index is -0.554. The van der Waals surface area contributed by atoms with Gasteiger partial charge in [-0.15, -0.1) is 10.2 Å². The SMILES string of the molecule is Cc1ccc(O[C@@H]2C[C@@H]3CN(C(=O)c4cccn5cnnc45)C[C@@H]3C[C@H]2O)c(C)n1. The summed E-state index contributed by atoms with van der Waals surface area (Å²) in [5.74, 6) is 1.26. The number of rotatable bonds is 3. The Morgan fingerprint density at radius 3 is 2.77 bits per heavy atom. The summed E-state index contributed by atoms with van der Waals surface area (Å²) in [5.41, 5.74) is 2.90. The molecule has 2 fully saturated rings. The Kier molecular flexibility index (Phi) is 4.66. The molecule has 30 heavy (non-hydrogen) atoms. The van der Waals surface area contributed by atoms with Crippen LogP contribution in [0.5, 0.6) is 5.75 Å². The minimum absolute atomic E-state index is 0.0338. The van der Waals surface area contributed by atoms with E-state index >= 15 is 0 Å². The third-order valence-electron chi connectivity index (χ3n) is 6.38. The van der Waals surface area contributed by atoms with E-state index in [4.69, 9.17) is 4.74 Å². The van der Waals surface area contributed by atoms with Crippen LogP contribution < -0.4 is 4.74 Å². The van der Waals surface area contributed by atoms with Crippen LogP contribution in [0.1, 0.15) is 34.6 Å². The van der Waals surface area contributed by atoms with Crippen molar-refractivity contribution in [2.24, 2.45) is 11.8 Å². The lowest BCUT2D eigenvalue weighted by Gasteiger charge is -2.35. The summed E-state index contributed by atoms with van der Waals surface area (Å²) in [6.45, 7) is 5.17. The maximum atomic E-state index is 13.2. The van der Waals surface area contributed by atoms with Crippen LogP contribution in [0.2, 0.25) is 0 Å². The predicted molar refractivity (Wildman–Crippen MR) is 109 cm³/mol. The zero-order valence-corrected chi connectivity index (χ0v) is 17.1. The molecule has 3 aromatic rings. The molecule has 4 heterocycles. The molecule has 8 nitrogen and oxygen atoms in total. The number of aromatic nitrogens is 4. The van der Waals surface area contributed by atoms with E-state index in [1.807, 2.05) is 43.1 Å². The van der Waals surface area contributed by atoms with Crippen molar-refractivity contribution in [3.05, 3.63) is 53.7 Å². The molecule has 156 valence electrons. The van der Waals surface area contributed by atoms with Crippen LogP contribution in [0.4, 0.5) is 0 Å². The highest BCUT2D eigenvalue weighted by Gasteiger charge is 2.44. The molecule has 8 heteroatoms. The number of pyridine rings is 2. The van der Waals surface area contributed by atoms with Gasteiger partial charge in [0.2, 0.25) is 0 Å². The van der Waals surface area contributed by atoms with Crippen LogP contribution in [-0.4, -0.2) is 60.8 Å². The maximum Gasteiger partial charge on any atom is 0.257 e. The largest absolute Gasteiger partial charge is 0.486 e. The molecule has 0 bridgehead atoms. The molecule has 5 rings (SSSR count). The summed E-state index contributed by atoms with van der Waals surface area (Å²) < 4.78 is 7.90. The second-order valence-corrected chi connectivity index (χ2v) is 8.45. The number of carbonyl (C=O) groups excluding carboxylic acids is 1. The third kappa shape index (κ3) is 3.31. The quantitative estimate of drug-likeness (QED) is 0.714. The van der Waals surface area contributed by atoms with Gasteiger partial charge in [0.05, 0.1) is 17.4 Å². The van der Waals surface area contributed by atoms with E-state index in [1.54, 1.807) is 16.8 Å². The first-order valence-corrected chi connectivity index (χ1v) is 10.4. The Labute approximate surface area is 174 Å². The Balaban J connectivity index is 1.31. The second-order valence-electron chi connectivity index (χ2n) is 8.45. The van der Waals surface area contributed by atoms with Gasteiger partial charge < -0.3 is 14.7 Å². The molecule has 0 spiro atoms. The summed E-state index contributed by atoms with van der Waals surface area (Å²) >= 11 is 0. The molecule has 4 atom stereocenters. The highest BCUT2D eigenvalue weighted by atomic mass is 16.5. The summed E-state index contributed by atoms with van der Waals surface area (Å²) in [5, 5.41) is 18.7. The zero-order chi connectivity index (χ0) is 20.8. The number of aryl methyl sites for hydroxylation is 2. The van der Waals surface area contributed by atoms with Gasteiger partial charge in [-0.3, -0.25) is 14.2 Å². The molecule has 1 saturated carbocycles. The Morgan fingerprint density at radius 2 is 1.97 bits per heavy atom. The lowest BCUT2D eigenvalue weighted by atomic mass is 9.78. The van der Waals surface area contributed by atoms with Gasteiger partial charge >= 0.3 is 0 Å². The molecule has 1 N–H and O–H groups in total. The van der Waals surface area contributed by atoms with E-state index in [2.05, 4.69) is 15.2 Å². The van der Waals surface area contributed by atoms with Crippen LogP contribution in [0.3, 0.4) is 0 Å². The van der Waals surface area contributed by atoms with Gasteiger partial charge in [-0.05, 0) is 62.8 Å². The number of nitrogens with zero attached hydrogens (tertiary/aromatic N) is 5. The Bertz CT molecular complexity index is 1100. The van der Waals surface area contributed by atoms with Crippen molar-refractivity contribution in [1.82, 2.24) is 24.5 Å². The number of aliphatic hydroxyl groups excluding tert-OH is 1. The number of hydrogen-bond acceptors (Lipinski definition) is 6. The second kappa shape index (κ2) is 7.36. The molecule has 0 unspecified atom stereocenters. The van der Waals surface area contributed by atoms with Crippen molar-refractivity contribution >= 4 is 11.6 Å². The number of amides is 1. The summed E-state index contributed by atoms with van der Waals surface area (Å²) in [6, 6.07) is 7.46. The standard InChI is InChI=1S/C22H25N5O3/c1-13-5-6-19(14(2)24-13)30-20-9-16-11-27(10-15(16)8-18(20)28)22(29)17-4-3-7-26-12-23-25-21(17)26/h3-7,12,15-16,18,20,28H,8-11H2,1-2H3/t15-,16+,18+,20+/m0/s1. The topological polar surface area (TPSA) is 92.9 Å². The van der Waals surface area contributed by atoms with Crippen LogP contribution in [0.25, 0.3) is 5.65 Å². The van der Waals surface area contributed by atoms with E-state index in [9.17, 15) is 9.90 Å². The Hall–Kier alpha value is -3.00. The number of likely N-dealkylation sites (tertiary alicyclic amines) is 1. The first kappa shape index (κ1) is 19.0. The first-order chi connectivity index (χ1) is 14.5. The van der Waals surface area contributed by atoms with Gasteiger partial charge in [0.25, 0.3) is 5.91 Å². The minimum Gasteiger partial charge on any atom is -0.486 e. The van der Waals surface area contributed by atoms with E-state index in [1.165, 1.54) is 0 Å². The number of fused-ring (bicyclic) bond motifs is 2. The lowest BCUT2D eigenvalue weighted by molar-refractivity contribution is -0.0236. The predicted octanol–water partition coefficient (Wildman–Crippen LogP) is 2.03. The van der Waals surface area contributed by atoms with E-state index < -0.39 is 6.10 Å². The zero-order valence-electron chi connectivity index (χ0n) is 17.1. The van der Waals surface area contributed by atoms with Crippen LogP contribution in [-0.2, 0) is 0 Å². The van der Waals surface area contributed by atoms with Crippen molar-refractivity contribution in [1.29, 1.82) is 0 Å². The van der Waals surface area contributed by atoms with Crippen LogP contribution in [0.15, 0.2) is 36.8 Å². The van der Waals surface area contributed by atoms with Gasteiger partial charge in [0.1, 0.15) is 18.2 Å². The van der Waals surface area contributed by atoms with Crippen molar-refractivity contribution in [2.75, 3.05) is 13.1 Å². The molecule has 1 amide bonds. The Morgan fingerprint density at radius 1 is 1.17 bits per heavy atom. The van der Waals surface area contributed by atoms with Gasteiger partial charge in [-0.25, -0.2) is 0 Å². The van der Waals surface area contributed by atoms with Crippen molar-refractivity contribution in [3.63, 3.8) is 0 Å². The molecular formula is C22H25N5O3. The number of ether oxygens (including phenoxy) is 1. The average Bonchev–Trinajstić information content (AvgIpc) is 3.36. The monoisotopic (exact) mass is 407 g/mol. The fourth-order valence-corrected chi connectivity index (χ4v) is 4.83. The molecule has 0 radical (unpaired) electrons. The van der Waals surface area contributed by atoms with Gasteiger partial charge in [0.15, 0.2) is 5.65 Å². The molecule has 1 aliphatic heterocycles. The van der Waals surface area contributed by atoms with Gasteiger partial charge in [-0.1, -0.05) is 0 Å². The van der Waals surface area contributed by atoms with E-state index in [0.717, 1.165) is 17.8 Å². The van der Waals surface area contributed by atoms with Crippen molar-refractivity contribution < 1.29 is 14.6 Å². The summed E-state index contributed by atoms with van der Waals surface area (Å²) in [6.07, 6.45) is 3.93. The highest BCUT2D eigenvalue weighted by molar-refractivity contribution is 5.99. The lowest BCUT2D eigenvalue weighted by Crippen LogP contribution is -2.42. The first-order valence-electron chi connectivity index (χ1n) is 10.4. The van der Waals surface area contributed by atoms with E-state index in [-0.39, 0.29) is 17.9 Å². The normalized spacial score (nSPS) is 26.0. The molecule has 3 aromatic heterocycles. The number of aliphatic hydroxyl groups is 1. The third-order valence-corrected chi connectivity index (χ3v) is 6.38. The molecule has 0 aromatic carbocycles. The maximum absolute atomic E-state index is 13.2. The average molecular weight is 407 g/mol. The van der Waals surface area contributed by atoms with Crippen LogP contribution >= 0.6 is 0 Å².